The summed E-state index contributed by atoms with van der Waals surface area (Å²) in [6, 6.07) is 11.6. The SMILES string of the molecule is CO.Cc1ccc(OCC(=O)N(Cc2cccs2)c2cn[nH]c2)cc1. The Morgan fingerprint density at radius 1 is 1.28 bits per heavy atom. The van der Waals surface area contributed by atoms with Crippen LogP contribution in [0.25, 0.3) is 0 Å². The highest BCUT2D eigenvalue weighted by atomic mass is 32.1. The van der Waals surface area contributed by atoms with E-state index in [1.165, 1.54) is 0 Å². The monoisotopic (exact) mass is 359 g/mol. The van der Waals surface area contributed by atoms with Crippen molar-refractivity contribution in [3.05, 3.63) is 64.6 Å². The molecule has 1 aromatic carbocycles. The molecule has 7 heteroatoms. The number of hydrogen-bond donors (Lipinski definition) is 2. The van der Waals surface area contributed by atoms with Crippen molar-refractivity contribution in [2.75, 3.05) is 18.6 Å². The summed E-state index contributed by atoms with van der Waals surface area (Å²) in [6.07, 6.45) is 3.34. The zero-order valence-electron chi connectivity index (χ0n) is 14.2. The molecule has 2 N–H and O–H groups in total. The smallest absolute Gasteiger partial charge is 0.265 e. The number of benzene rings is 1. The quantitative estimate of drug-likeness (QED) is 0.709. The van der Waals surface area contributed by atoms with Crippen LogP contribution in [-0.2, 0) is 11.3 Å². The summed E-state index contributed by atoms with van der Waals surface area (Å²) in [5.74, 6) is 0.576. The first-order valence-corrected chi connectivity index (χ1v) is 8.56. The van der Waals surface area contributed by atoms with Gasteiger partial charge < -0.3 is 14.7 Å². The predicted octanol–water partition coefficient (Wildman–Crippen LogP) is 3.00. The van der Waals surface area contributed by atoms with Crippen LogP contribution in [0, 0.1) is 6.92 Å². The summed E-state index contributed by atoms with van der Waals surface area (Å²) in [6.45, 7) is 2.50. The number of carbonyl (C=O) groups is 1. The molecule has 2 heterocycles. The van der Waals surface area contributed by atoms with E-state index in [0.29, 0.717) is 12.3 Å². The molecule has 3 aromatic rings. The van der Waals surface area contributed by atoms with E-state index in [9.17, 15) is 4.79 Å². The van der Waals surface area contributed by atoms with E-state index < -0.39 is 0 Å². The second-order valence-corrected chi connectivity index (χ2v) is 6.15. The standard InChI is InChI=1S/C17H17N3O2S.CH4O/c1-13-4-6-15(7-5-13)22-12-17(21)20(14-9-18-19-10-14)11-16-3-2-8-23-16;1-2/h2-10H,11-12H2,1H3,(H,18,19);2H,1H3. The highest BCUT2D eigenvalue weighted by Gasteiger charge is 2.18. The van der Waals surface area contributed by atoms with Crippen molar-refractivity contribution < 1.29 is 14.6 Å². The molecule has 0 atom stereocenters. The highest BCUT2D eigenvalue weighted by molar-refractivity contribution is 7.09. The maximum Gasteiger partial charge on any atom is 0.265 e. The van der Waals surface area contributed by atoms with E-state index in [1.54, 1.807) is 28.6 Å². The van der Waals surface area contributed by atoms with E-state index in [4.69, 9.17) is 9.84 Å². The third kappa shape index (κ3) is 5.44. The molecule has 0 radical (unpaired) electrons. The lowest BCUT2D eigenvalue weighted by atomic mass is 10.2. The fourth-order valence-corrected chi connectivity index (χ4v) is 2.82. The van der Waals surface area contributed by atoms with Gasteiger partial charge in [0.15, 0.2) is 6.61 Å². The zero-order chi connectivity index (χ0) is 18.1. The summed E-state index contributed by atoms with van der Waals surface area (Å²) < 4.78 is 5.60. The number of ether oxygens (including phenoxy) is 1. The molecule has 0 spiro atoms. The van der Waals surface area contributed by atoms with Crippen molar-refractivity contribution in [2.45, 2.75) is 13.5 Å². The number of aliphatic hydroxyl groups is 1. The van der Waals surface area contributed by atoms with Crippen molar-refractivity contribution in [1.29, 1.82) is 0 Å². The number of thiophene rings is 1. The van der Waals surface area contributed by atoms with Crippen LogP contribution < -0.4 is 9.64 Å². The number of aromatic nitrogens is 2. The first-order chi connectivity index (χ1) is 12.2. The van der Waals surface area contributed by atoms with Crippen molar-refractivity contribution in [2.24, 2.45) is 0 Å². The van der Waals surface area contributed by atoms with Crippen LogP contribution >= 0.6 is 11.3 Å². The number of amides is 1. The summed E-state index contributed by atoms with van der Waals surface area (Å²) in [5.41, 5.74) is 1.89. The molecule has 0 aliphatic carbocycles. The molecule has 0 unspecified atom stereocenters. The number of rotatable bonds is 6. The van der Waals surface area contributed by atoms with Gasteiger partial charge >= 0.3 is 0 Å². The van der Waals surface area contributed by atoms with Crippen LogP contribution in [0.2, 0.25) is 0 Å². The number of nitrogens with zero attached hydrogens (tertiary/aromatic N) is 2. The first-order valence-electron chi connectivity index (χ1n) is 7.68. The Morgan fingerprint density at radius 2 is 2.04 bits per heavy atom. The Balaban J connectivity index is 0.00000109. The molecule has 0 saturated heterocycles. The fourth-order valence-electron chi connectivity index (χ4n) is 2.13. The second-order valence-electron chi connectivity index (χ2n) is 5.12. The lowest BCUT2D eigenvalue weighted by molar-refractivity contribution is -0.120. The minimum atomic E-state index is -0.111. The van der Waals surface area contributed by atoms with Crippen LogP contribution in [0.4, 0.5) is 5.69 Å². The number of H-pyrrole nitrogens is 1. The van der Waals surface area contributed by atoms with Crippen molar-refractivity contribution in [1.82, 2.24) is 10.2 Å². The van der Waals surface area contributed by atoms with Crippen LogP contribution in [0.3, 0.4) is 0 Å². The number of aliphatic hydroxyl groups excluding tert-OH is 1. The molecule has 0 aliphatic heterocycles. The van der Waals surface area contributed by atoms with E-state index in [2.05, 4.69) is 10.2 Å². The molecular weight excluding hydrogens is 338 g/mol. The Morgan fingerprint density at radius 3 is 2.64 bits per heavy atom. The molecule has 0 bridgehead atoms. The Kier molecular flexibility index (Phi) is 7.18. The van der Waals surface area contributed by atoms with Gasteiger partial charge in [0.2, 0.25) is 0 Å². The summed E-state index contributed by atoms with van der Waals surface area (Å²) >= 11 is 1.62. The molecule has 6 nitrogen and oxygen atoms in total. The van der Waals surface area contributed by atoms with Gasteiger partial charge in [0.25, 0.3) is 5.91 Å². The van der Waals surface area contributed by atoms with Crippen molar-refractivity contribution >= 4 is 22.9 Å². The second kappa shape index (κ2) is 9.61. The predicted molar refractivity (Wildman–Crippen MR) is 98.9 cm³/mol. The molecule has 0 fully saturated rings. The fraction of sp³-hybridized carbons (Fsp3) is 0.222. The number of carbonyl (C=O) groups excluding carboxylic acids is 1. The van der Waals surface area contributed by atoms with Gasteiger partial charge in [-0.1, -0.05) is 23.8 Å². The molecule has 0 aliphatic rings. The van der Waals surface area contributed by atoms with Crippen LogP contribution in [0.5, 0.6) is 5.75 Å². The third-order valence-corrected chi connectivity index (χ3v) is 4.24. The number of aryl methyl sites for hydroxylation is 1. The minimum Gasteiger partial charge on any atom is -0.484 e. The van der Waals surface area contributed by atoms with Gasteiger partial charge in [-0.25, -0.2) is 0 Å². The maximum atomic E-state index is 12.6. The third-order valence-electron chi connectivity index (χ3n) is 3.37. The number of nitrogens with one attached hydrogen (secondary N) is 1. The zero-order valence-corrected chi connectivity index (χ0v) is 15.0. The van der Waals surface area contributed by atoms with Gasteiger partial charge in [-0.15, -0.1) is 11.3 Å². The van der Waals surface area contributed by atoms with E-state index >= 15 is 0 Å². The van der Waals surface area contributed by atoms with E-state index in [-0.39, 0.29) is 12.5 Å². The summed E-state index contributed by atoms with van der Waals surface area (Å²) in [5, 5.41) is 15.7. The average molecular weight is 359 g/mol. The van der Waals surface area contributed by atoms with Crippen molar-refractivity contribution in [3.8, 4) is 5.75 Å². The topological polar surface area (TPSA) is 78.5 Å². The van der Waals surface area contributed by atoms with Crippen LogP contribution in [-0.4, -0.2) is 34.9 Å². The molecule has 1 amide bonds. The van der Waals surface area contributed by atoms with E-state index in [1.807, 2.05) is 48.7 Å². The van der Waals surface area contributed by atoms with Crippen LogP contribution in [0.1, 0.15) is 10.4 Å². The number of aromatic amines is 1. The van der Waals surface area contributed by atoms with Crippen molar-refractivity contribution in [3.63, 3.8) is 0 Å². The lowest BCUT2D eigenvalue weighted by Crippen LogP contribution is -2.34. The van der Waals surface area contributed by atoms with Gasteiger partial charge in [0, 0.05) is 18.2 Å². The molecular formula is C18H21N3O3S. The highest BCUT2D eigenvalue weighted by Crippen LogP contribution is 2.19. The number of anilines is 1. The summed E-state index contributed by atoms with van der Waals surface area (Å²) in [7, 11) is 1.00. The van der Waals surface area contributed by atoms with Gasteiger partial charge in [-0.3, -0.25) is 9.89 Å². The van der Waals surface area contributed by atoms with Gasteiger partial charge in [-0.2, -0.15) is 5.10 Å². The van der Waals surface area contributed by atoms with Gasteiger partial charge in [0.1, 0.15) is 5.75 Å². The average Bonchev–Trinajstić information content (AvgIpc) is 3.34. The largest absolute Gasteiger partial charge is 0.484 e. The minimum absolute atomic E-state index is 0.0143. The Hall–Kier alpha value is -2.64. The Bertz CT molecular complexity index is 740. The molecule has 25 heavy (non-hydrogen) atoms. The molecule has 2 aromatic heterocycles. The van der Waals surface area contributed by atoms with E-state index in [0.717, 1.165) is 23.2 Å². The first kappa shape index (κ1) is 18.7. The van der Waals surface area contributed by atoms with Gasteiger partial charge in [0.05, 0.1) is 18.4 Å². The maximum absolute atomic E-state index is 12.6. The number of hydrogen-bond acceptors (Lipinski definition) is 5. The Labute approximate surface area is 150 Å². The normalized spacial score (nSPS) is 9.88. The molecule has 3 rings (SSSR count). The lowest BCUT2D eigenvalue weighted by Gasteiger charge is -2.20. The van der Waals surface area contributed by atoms with Crippen LogP contribution in [0.15, 0.2) is 54.2 Å². The molecule has 0 saturated carbocycles. The van der Waals surface area contributed by atoms with Gasteiger partial charge in [-0.05, 0) is 30.5 Å². The molecule has 132 valence electrons. The summed E-state index contributed by atoms with van der Waals surface area (Å²) in [4.78, 5) is 15.3.